The molecule has 1 atom stereocenters. The van der Waals surface area contributed by atoms with E-state index in [-0.39, 0.29) is 25.0 Å². The molecule has 0 spiro atoms. The van der Waals surface area contributed by atoms with E-state index in [9.17, 15) is 13.2 Å². The number of aromatic nitrogens is 1. The molecule has 1 aliphatic rings. The molecule has 0 radical (unpaired) electrons. The fourth-order valence-electron chi connectivity index (χ4n) is 3.27. The summed E-state index contributed by atoms with van der Waals surface area (Å²) in [6.45, 7) is -0.136. The van der Waals surface area contributed by atoms with Gasteiger partial charge in [-0.2, -0.15) is 4.31 Å². The summed E-state index contributed by atoms with van der Waals surface area (Å²) in [5.41, 5.74) is 2.98. The molecule has 7 heteroatoms. The Balaban J connectivity index is 1.69. The van der Waals surface area contributed by atoms with Gasteiger partial charge in [0.1, 0.15) is 0 Å². The van der Waals surface area contributed by atoms with Crippen molar-refractivity contribution in [2.24, 2.45) is 0 Å². The van der Waals surface area contributed by atoms with Crippen LogP contribution in [0.5, 0.6) is 0 Å². The molecule has 1 amide bonds. The SMILES string of the molecule is CS(=O)(=O)N(CC(=O)N[C@@H]1CCCc2ccccc21)Cc1ccccn1. The minimum absolute atomic E-state index is 0.0660. The van der Waals surface area contributed by atoms with E-state index in [1.807, 2.05) is 18.2 Å². The number of rotatable bonds is 6. The Bertz CT molecular complexity index is 869. The molecular weight excluding hydrogens is 350 g/mol. The third kappa shape index (κ3) is 4.68. The van der Waals surface area contributed by atoms with Gasteiger partial charge in [-0.1, -0.05) is 30.3 Å². The molecule has 0 unspecified atom stereocenters. The average molecular weight is 373 g/mol. The van der Waals surface area contributed by atoms with Gasteiger partial charge in [-0.05, 0) is 42.5 Å². The first-order chi connectivity index (χ1) is 12.4. The van der Waals surface area contributed by atoms with Gasteiger partial charge in [-0.25, -0.2) is 8.42 Å². The Morgan fingerprint density at radius 1 is 1.23 bits per heavy atom. The highest BCUT2D eigenvalue weighted by Crippen LogP contribution is 2.29. The third-order valence-electron chi connectivity index (χ3n) is 4.56. The van der Waals surface area contributed by atoms with E-state index in [1.54, 1.807) is 24.4 Å². The number of aryl methyl sites for hydroxylation is 1. The summed E-state index contributed by atoms with van der Waals surface area (Å²) < 4.78 is 25.3. The standard InChI is InChI=1S/C19H23N3O3S/c1-26(24,25)22(13-16-9-4-5-12-20-16)14-19(23)21-18-11-6-8-15-7-2-3-10-17(15)18/h2-5,7,9-10,12,18H,6,8,11,13-14H2,1H3,(H,21,23)/t18-/m1/s1. The van der Waals surface area contributed by atoms with Gasteiger partial charge in [-0.3, -0.25) is 9.78 Å². The molecule has 1 aromatic heterocycles. The molecule has 0 aliphatic heterocycles. The maximum atomic E-state index is 12.5. The van der Waals surface area contributed by atoms with Gasteiger partial charge in [0.05, 0.1) is 31.1 Å². The van der Waals surface area contributed by atoms with Gasteiger partial charge < -0.3 is 5.32 Å². The second kappa shape index (κ2) is 7.97. The summed E-state index contributed by atoms with van der Waals surface area (Å²) in [5, 5.41) is 3.00. The van der Waals surface area contributed by atoms with Crippen molar-refractivity contribution in [3.63, 3.8) is 0 Å². The monoisotopic (exact) mass is 373 g/mol. The Kier molecular flexibility index (Phi) is 5.68. The van der Waals surface area contributed by atoms with E-state index >= 15 is 0 Å². The predicted octanol–water partition coefficient (Wildman–Crippen LogP) is 2.04. The zero-order valence-corrected chi connectivity index (χ0v) is 15.6. The molecular formula is C19H23N3O3S. The second-order valence-corrected chi connectivity index (χ2v) is 8.55. The molecule has 0 saturated carbocycles. The van der Waals surface area contributed by atoms with Crippen molar-refractivity contribution < 1.29 is 13.2 Å². The van der Waals surface area contributed by atoms with Gasteiger partial charge in [-0.15, -0.1) is 0 Å². The largest absolute Gasteiger partial charge is 0.348 e. The average Bonchev–Trinajstić information content (AvgIpc) is 2.61. The highest BCUT2D eigenvalue weighted by molar-refractivity contribution is 7.88. The molecule has 0 bridgehead atoms. The zero-order chi connectivity index (χ0) is 18.6. The van der Waals surface area contributed by atoms with E-state index in [0.29, 0.717) is 5.69 Å². The number of pyridine rings is 1. The summed E-state index contributed by atoms with van der Waals surface area (Å²) in [6.07, 6.45) is 5.60. The molecule has 1 aromatic carbocycles. The van der Waals surface area contributed by atoms with Crippen molar-refractivity contribution in [2.75, 3.05) is 12.8 Å². The predicted molar refractivity (Wildman–Crippen MR) is 99.8 cm³/mol. The van der Waals surface area contributed by atoms with Gasteiger partial charge in [0, 0.05) is 6.20 Å². The highest BCUT2D eigenvalue weighted by atomic mass is 32.2. The first kappa shape index (κ1) is 18.5. The molecule has 1 N–H and O–H groups in total. The zero-order valence-electron chi connectivity index (χ0n) is 14.8. The van der Waals surface area contributed by atoms with Crippen LogP contribution in [0.2, 0.25) is 0 Å². The number of carbonyl (C=O) groups excluding carboxylic acids is 1. The number of fused-ring (bicyclic) bond motifs is 1. The van der Waals surface area contributed by atoms with Crippen LogP contribution in [0.4, 0.5) is 0 Å². The quantitative estimate of drug-likeness (QED) is 0.840. The summed E-state index contributed by atoms with van der Waals surface area (Å²) in [6, 6.07) is 13.3. The summed E-state index contributed by atoms with van der Waals surface area (Å²) in [5.74, 6) is -0.298. The van der Waals surface area contributed by atoms with Crippen molar-refractivity contribution in [1.82, 2.24) is 14.6 Å². The van der Waals surface area contributed by atoms with Gasteiger partial charge >= 0.3 is 0 Å². The lowest BCUT2D eigenvalue weighted by Crippen LogP contribution is -2.41. The number of hydrogen-bond acceptors (Lipinski definition) is 4. The molecule has 3 rings (SSSR count). The van der Waals surface area contributed by atoms with Crippen LogP contribution < -0.4 is 5.32 Å². The smallest absolute Gasteiger partial charge is 0.235 e. The van der Waals surface area contributed by atoms with E-state index in [0.717, 1.165) is 35.4 Å². The van der Waals surface area contributed by atoms with Crippen LogP contribution in [0.15, 0.2) is 48.7 Å². The first-order valence-corrected chi connectivity index (χ1v) is 10.5. The van der Waals surface area contributed by atoms with E-state index in [2.05, 4.69) is 16.4 Å². The van der Waals surface area contributed by atoms with Crippen LogP contribution >= 0.6 is 0 Å². The maximum absolute atomic E-state index is 12.5. The minimum atomic E-state index is -3.53. The minimum Gasteiger partial charge on any atom is -0.348 e. The van der Waals surface area contributed by atoms with Crippen LogP contribution in [-0.2, 0) is 27.8 Å². The molecule has 138 valence electrons. The summed E-state index contributed by atoms with van der Waals surface area (Å²) in [7, 11) is -3.53. The van der Waals surface area contributed by atoms with Crippen molar-refractivity contribution >= 4 is 15.9 Å². The lowest BCUT2D eigenvalue weighted by atomic mass is 9.88. The Morgan fingerprint density at radius 2 is 2.00 bits per heavy atom. The van der Waals surface area contributed by atoms with Crippen LogP contribution in [0.25, 0.3) is 0 Å². The Hall–Kier alpha value is -2.25. The van der Waals surface area contributed by atoms with Gasteiger partial charge in [0.15, 0.2) is 0 Å². The summed E-state index contributed by atoms with van der Waals surface area (Å²) >= 11 is 0. The van der Waals surface area contributed by atoms with Crippen molar-refractivity contribution in [3.8, 4) is 0 Å². The molecule has 2 aromatic rings. The molecule has 26 heavy (non-hydrogen) atoms. The number of nitrogens with one attached hydrogen (secondary N) is 1. The van der Waals surface area contributed by atoms with Crippen molar-refractivity contribution in [3.05, 3.63) is 65.5 Å². The van der Waals surface area contributed by atoms with Crippen molar-refractivity contribution in [2.45, 2.75) is 31.8 Å². The fourth-order valence-corrected chi connectivity index (χ4v) is 3.99. The van der Waals surface area contributed by atoms with Gasteiger partial charge in [0.25, 0.3) is 0 Å². The van der Waals surface area contributed by atoms with Crippen LogP contribution in [0.3, 0.4) is 0 Å². The normalized spacial score (nSPS) is 16.9. The number of amides is 1. The van der Waals surface area contributed by atoms with Crippen molar-refractivity contribution in [1.29, 1.82) is 0 Å². The van der Waals surface area contributed by atoms with E-state index in [1.165, 1.54) is 5.56 Å². The molecule has 0 saturated heterocycles. The Morgan fingerprint density at radius 3 is 2.73 bits per heavy atom. The second-order valence-electron chi connectivity index (χ2n) is 6.56. The lowest BCUT2D eigenvalue weighted by molar-refractivity contribution is -0.122. The number of hydrogen-bond donors (Lipinski definition) is 1. The van der Waals surface area contributed by atoms with E-state index in [4.69, 9.17) is 0 Å². The first-order valence-electron chi connectivity index (χ1n) is 8.65. The van der Waals surface area contributed by atoms with Crippen LogP contribution in [0, 0.1) is 0 Å². The molecule has 1 aliphatic carbocycles. The Labute approximate surface area is 154 Å². The summed E-state index contributed by atoms with van der Waals surface area (Å²) in [4.78, 5) is 16.7. The lowest BCUT2D eigenvalue weighted by Gasteiger charge is -2.27. The molecule has 6 nitrogen and oxygen atoms in total. The third-order valence-corrected chi connectivity index (χ3v) is 5.75. The maximum Gasteiger partial charge on any atom is 0.235 e. The number of nitrogens with zero attached hydrogens (tertiary/aromatic N) is 2. The van der Waals surface area contributed by atoms with E-state index < -0.39 is 10.0 Å². The molecule has 1 heterocycles. The highest BCUT2D eigenvalue weighted by Gasteiger charge is 2.25. The van der Waals surface area contributed by atoms with Crippen LogP contribution in [0.1, 0.15) is 35.7 Å². The topological polar surface area (TPSA) is 79.4 Å². The molecule has 0 fully saturated rings. The fraction of sp³-hybridized carbons (Fsp3) is 0.368. The van der Waals surface area contributed by atoms with Gasteiger partial charge in [0.2, 0.25) is 15.9 Å². The number of sulfonamides is 1. The number of benzene rings is 1. The number of carbonyl (C=O) groups is 1. The van der Waals surface area contributed by atoms with Crippen LogP contribution in [-0.4, -0.2) is 36.4 Å².